The fourth-order valence-corrected chi connectivity index (χ4v) is 3.00. The van der Waals surface area contributed by atoms with Crippen LogP contribution in [0.3, 0.4) is 0 Å². The Morgan fingerprint density at radius 2 is 1.93 bits per heavy atom. The van der Waals surface area contributed by atoms with Gasteiger partial charge in [0.2, 0.25) is 0 Å². The third kappa shape index (κ3) is 3.68. The molecule has 0 aliphatic carbocycles. The predicted octanol–water partition coefficient (Wildman–Crippen LogP) is 3.34. The minimum Gasteiger partial charge on any atom is -0.493 e. The van der Waals surface area contributed by atoms with Crippen molar-refractivity contribution in [2.45, 2.75) is 0 Å². The van der Waals surface area contributed by atoms with Crippen LogP contribution in [0.5, 0.6) is 11.5 Å². The molecular formula is C21H19N5O3. The zero-order chi connectivity index (χ0) is 20.2. The summed E-state index contributed by atoms with van der Waals surface area (Å²) in [5.41, 5.74) is 6.10. The van der Waals surface area contributed by atoms with Gasteiger partial charge in [-0.1, -0.05) is 18.2 Å². The summed E-state index contributed by atoms with van der Waals surface area (Å²) >= 11 is 0. The Balaban J connectivity index is 1.47. The quantitative estimate of drug-likeness (QED) is 0.347. The third-order valence-electron chi connectivity index (χ3n) is 4.49. The number of nitrogens with zero attached hydrogens (tertiary/aromatic N) is 2. The molecule has 1 amide bonds. The van der Waals surface area contributed by atoms with E-state index in [1.807, 2.05) is 36.5 Å². The molecule has 3 N–H and O–H groups in total. The van der Waals surface area contributed by atoms with E-state index in [0.717, 1.165) is 22.0 Å². The minimum absolute atomic E-state index is 0.297. The van der Waals surface area contributed by atoms with Crippen LogP contribution in [0.2, 0.25) is 0 Å². The second kappa shape index (κ2) is 7.89. The third-order valence-corrected chi connectivity index (χ3v) is 4.49. The lowest BCUT2D eigenvalue weighted by Crippen LogP contribution is -2.17. The molecule has 0 saturated heterocycles. The van der Waals surface area contributed by atoms with Gasteiger partial charge in [0.05, 0.1) is 26.1 Å². The van der Waals surface area contributed by atoms with Gasteiger partial charge in [-0.05, 0) is 30.3 Å². The fraction of sp³-hybridized carbons (Fsp3) is 0.0952. The molecule has 0 aliphatic rings. The molecule has 0 spiro atoms. The zero-order valence-corrected chi connectivity index (χ0v) is 15.9. The monoisotopic (exact) mass is 389 g/mol. The van der Waals surface area contributed by atoms with Crippen molar-refractivity contribution in [2.24, 2.45) is 5.10 Å². The van der Waals surface area contributed by atoms with Gasteiger partial charge in [0, 0.05) is 28.2 Å². The van der Waals surface area contributed by atoms with Gasteiger partial charge in [0.15, 0.2) is 11.5 Å². The van der Waals surface area contributed by atoms with Gasteiger partial charge < -0.3 is 14.5 Å². The Morgan fingerprint density at radius 1 is 1.10 bits per heavy atom. The first-order valence-corrected chi connectivity index (χ1v) is 8.87. The lowest BCUT2D eigenvalue weighted by molar-refractivity contribution is 0.0950. The van der Waals surface area contributed by atoms with E-state index in [9.17, 15) is 4.79 Å². The van der Waals surface area contributed by atoms with Crippen molar-refractivity contribution in [1.29, 1.82) is 0 Å². The van der Waals surface area contributed by atoms with E-state index >= 15 is 0 Å². The zero-order valence-electron chi connectivity index (χ0n) is 15.9. The van der Waals surface area contributed by atoms with E-state index in [1.165, 1.54) is 0 Å². The number of hydrazone groups is 1. The number of carbonyl (C=O) groups excluding carboxylic acids is 1. The van der Waals surface area contributed by atoms with Crippen LogP contribution in [0, 0.1) is 0 Å². The molecule has 0 radical (unpaired) electrons. The number of hydrogen-bond donors (Lipinski definition) is 3. The van der Waals surface area contributed by atoms with Crippen LogP contribution in [0.15, 0.2) is 59.8 Å². The smallest absolute Gasteiger partial charge is 0.289 e. The Morgan fingerprint density at radius 3 is 2.76 bits per heavy atom. The molecule has 0 atom stereocenters. The average Bonchev–Trinajstić information content (AvgIpc) is 3.41. The van der Waals surface area contributed by atoms with Gasteiger partial charge in [-0.3, -0.25) is 9.89 Å². The summed E-state index contributed by atoms with van der Waals surface area (Å²) in [5.74, 6) is 0.819. The molecule has 4 aromatic rings. The standard InChI is InChI=1S/C21H19N5O3/c1-28-19-8-7-13(9-20(19)29-2)17-10-18(25-24-17)21(27)26-23-12-14-11-22-16-6-4-3-5-15(14)16/h3-12,22H,1-2H3,(H,24,25)(H,26,27). The number of amides is 1. The molecule has 8 nitrogen and oxygen atoms in total. The van der Waals surface area contributed by atoms with E-state index in [0.29, 0.717) is 22.9 Å². The lowest BCUT2D eigenvalue weighted by atomic mass is 10.1. The summed E-state index contributed by atoms with van der Waals surface area (Å²) in [5, 5.41) is 12.0. The van der Waals surface area contributed by atoms with Crippen molar-refractivity contribution >= 4 is 23.0 Å². The maximum Gasteiger partial charge on any atom is 0.289 e. The largest absolute Gasteiger partial charge is 0.493 e. The fourth-order valence-electron chi connectivity index (χ4n) is 3.00. The van der Waals surface area contributed by atoms with Gasteiger partial charge in [-0.25, -0.2) is 5.43 Å². The number of hydrogen-bond acceptors (Lipinski definition) is 5. The molecule has 2 aromatic carbocycles. The van der Waals surface area contributed by atoms with Crippen molar-refractivity contribution in [3.05, 3.63) is 66.0 Å². The summed E-state index contributed by atoms with van der Waals surface area (Å²) in [6.07, 6.45) is 3.44. The van der Waals surface area contributed by atoms with Crippen LogP contribution < -0.4 is 14.9 Å². The maximum atomic E-state index is 12.4. The highest BCUT2D eigenvalue weighted by Crippen LogP contribution is 2.31. The van der Waals surface area contributed by atoms with Gasteiger partial charge in [0.1, 0.15) is 5.69 Å². The Hall–Kier alpha value is -4.07. The highest BCUT2D eigenvalue weighted by molar-refractivity contribution is 6.00. The molecule has 29 heavy (non-hydrogen) atoms. The minimum atomic E-state index is -0.389. The molecular weight excluding hydrogens is 370 g/mol. The van der Waals surface area contributed by atoms with Crippen LogP contribution in [0.25, 0.3) is 22.2 Å². The van der Waals surface area contributed by atoms with Crippen molar-refractivity contribution in [3.63, 3.8) is 0 Å². The van der Waals surface area contributed by atoms with Crippen molar-refractivity contribution in [3.8, 4) is 22.8 Å². The van der Waals surface area contributed by atoms with Crippen LogP contribution in [-0.2, 0) is 0 Å². The number of carbonyl (C=O) groups is 1. The summed E-state index contributed by atoms with van der Waals surface area (Å²) in [4.78, 5) is 15.5. The van der Waals surface area contributed by atoms with E-state index in [4.69, 9.17) is 9.47 Å². The molecule has 0 fully saturated rings. The van der Waals surface area contributed by atoms with Crippen LogP contribution in [-0.4, -0.2) is 41.5 Å². The van der Waals surface area contributed by atoms with Gasteiger partial charge in [-0.2, -0.15) is 10.2 Å². The number of fused-ring (bicyclic) bond motifs is 1. The number of nitrogens with one attached hydrogen (secondary N) is 3. The number of benzene rings is 2. The molecule has 2 heterocycles. The first-order valence-electron chi connectivity index (χ1n) is 8.87. The number of methoxy groups -OCH3 is 2. The Kier molecular flexibility index (Phi) is 4.98. The van der Waals surface area contributed by atoms with E-state index in [1.54, 1.807) is 38.6 Å². The second-order valence-corrected chi connectivity index (χ2v) is 6.23. The Labute approximate surface area is 166 Å². The van der Waals surface area contributed by atoms with Crippen LogP contribution in [0.4, 0.5) is 0 Å². The van der Waals surface area contributed by atoms with Crippen molar-refractivity contribution in [2.75, 3.05) is 14.2 Å². The summed E-state index contributed by atoms with van der Waals surface area (Å²) in [6.45, 7) is 0. The second-order valence-electron chi connectivity index (χ2n) is 6.23. The molecule has 0 saturated carbocycles. The van der Waals surface area contributed by atoms with Crippen molar-refractivity contribution < 1.29 is 14.3 Å². The number of para-hydroxylation sites is 1. The summed E-state index contributed by atoms with van der Waals surface area (Å²) < 4.78 is 10.5. The summed E-state index contributed by atoms with van der Waals surface area (Å²) in [6, 6.07) is 14.9. The molecule has 2 aromatic heterocycles. The van der Waals surface area contributed by atoms with Gasteiger partial charge in [-0.15, -0.1) is 0 Å². The number of aromatic amines is 2. The topological polar surface area (TPSA) is 104 Å². The molecule has 8 heteroatoms. The first kappa shape index (κ1) is 18.3. The Bertz CT molecular complexity index is 1190. The van der Waals surface area contributed by atoms with E-state index in [2.05, 4.69) is 25.7 Å². The van der Waals surface area contributed by atoms with Crippen LogP contribution >= 0.6 is 0 Å². The molecule has 4 rings (SSSR count). The highest BCUT2D eigenvalue weighted by Gasteiger charge is 2.12. The lowest BCUT2D eigenvalue weighted by Gasteiger charge is -2.08. The van der Waals surface area contributed by atoms with E-state index in [-0.39, 0.29) is 5.91 Å². The van der Waals surface area contributed by atoms with E-state index < -0.39 is 0 Å². The van der Waals surface area contributed by atoms with Gasteiger partial charge >= 0.3 is 0 Å². The highest BCUT2D eigenvalue weighted by atomic mass is 16.5. The molecule has 0 unspecified atom stereocenters. The normalized spacial score (nSPS) is 11.1. The first-order chi connectivity index (χ1) is 14.2. The van der Waals surface area contributed by atoms with Crippen molar-refractivity contribution in [1.82, 2.24) is 20.6 Å². The molecule has 0 bridgehead atoms. The number of rotatable bonds is 6. The SMILES string of the molecule is COc1ccc(-c2cc(C(=O)NN=Cc3c[nH]c4ccccc34)[nH]n2)cc1OC. The average molecular weight is 389 g/mol. The summed E-state index contributed by atoms with van der Waals surface area (Å²) in [7, 11) is 3.14. The number of aromatic nitrogens is 3. The number of H-pyrrole nitrogens is 2. The number of ether oxygens (including phenoxy) is 2. The molecule has 0 aliphatic heterocycles. The van der Waals surface area contributed by atoms with Gasteiger partial charge in [0.25, 0.3) is 5.91 Å². The predicted molar refractivity (Wildman–Crippen MR) is 110 cm³/mol. The van der Waals surface area contributed by atoms with Crippen LogP contribution in [0.1, 0.15) is 16.1 Å². The molecule has 146 valence electrons. The maximum absolute atomic E-state index is 12.4.